The van der Waals surface area contributed by atoms with Gasteiger partial charge in [-0.3, -0.25) is 4.79 Å². The zero-order valence-corrected chi connectivity index (χ0v) is 13.0. The van der Waals surface area contributed by atoms with Crippen molar-refractivity contribution in [3.8, 4) is 5.75 Å². The number of carbonyl (C=O) groups is 1. The van der Waals surface area contributed by atoms with Crippen LogP contribution in [0, 0.1) is 0 Å². The topological polar surface area (TPSA) is 64.8 Å². The Morgan fingerprint density at radius 2 is 2.00 bits per heavy atom. The molecule has 1 aromatic heterocycles. The van der Waals surface area contributed by atoms with E-state index in [-0.39, 0.29) is 30.6 Å². The summed E-state index contributed by atoms with van der Waals surface area (Å²) in [6.45, 7) is 1.13. The van der Waals surface area contributed by atoms with Gasteiger partial charge in [0.1, 0.15) is 11.9 Å². The highest BCUT2D eigenvalue weighted by atomic mass is 19.4. The van der Waals surface area contributed by atoms with Crippen LogP contribution < -0.4 is 4.74 Å². The molecule has 0 unspecified atom stereocenters. The number of alkyl halides is 3. The van der Waals surface area contributed by atoms with Crippen molar-refractivity contribution < 1.29 is 32.0 Å². The third-order valence-corrected chi connectivity index (χ3v) is 3.65. The molecule has 0 spiro atoms. The molecule has 2 heterocycles. The number of ether oxygens (including phenoxy) is 2. The van der Waals surface area contributed by atoms with E-state index in [4.69, 9.17) is 14.0 Å². The normalized spacial score (nSPS) is 18.7. The molecular formula is C16H15F3N2O4. The SMILES string of the molecule is O=C(c1ccno1)N1CCOC[C@H](Oc2ccc(C(F)(F)F)cc2)C1. The molecule has 0 N–H and O–H groups in total. The summed E-state index contributed by atoms with van der Waals surface area (Å²) in [5, 5.41) is 3.50. The molecule has 1 atom stereocenters. The van der Waals surface area contributed by atoms with Crippen molar-refractivity contribution in [2.75, 3.05) is 26.3 Å². The molecule has 1 fully saturated rings. The maximum atomic E-state index is 12.6. The van der Waals surface area contributed by atoms with Crippen molar-refractivity contribution in [2.45, 2.75) is 12.3 Å². The largest absolute Gasteiger partial charge is 0.486 e. The molecule has 9 heteroatoms. The monoisotopic (exact) mass is 356 g/mol. The first-order valence-corrected chi connectivity index (χ1v) is 7.55. The van der Waals surface area contributed by atoms with Crippen molar-refractivity contribution in [3.63, 3.8) is 0 Å². The van der Waals surface area contributed by atoms with E-state index in [1.807, 2.05) is 0 Å². The first-order chi connectivity index (χ1) is 11.9. The molecule has 134 valence electrons. The molecule has 1 amide bonds. The summed E-state index contributed by atoms with van der Waals surface area (Å²) in [4.78, 5) is 13.8. The summed E-state index contributed by atoms with van der Waals surface area (Å²) >= 11 is 0. The number of hydrogen-bond acceptors (Lipinski definition) is 5. The number of benzene rings is 1. The van der Waals surface area contributed by atoms with Crippen molar-refractivity contribution >= 4 is 5.91 Å². The Morgan fingerprint density at radius 3 is 2.64 bits per heavy atom. The van der Waals surface area contributed by atoms with E-state index in [1.54, 1.807) is 0 Å². The fourth-order valence-corrected chi connectivity index (χ4v) is 2.43. The molecule has 1 aromatic carbocycles. The molecule has 0 bridgehead atoms. The summed E-state index contributed by atoms with van der Waals surface area (Å²) in [6, 6.07) is 5.85. The number of amides is 1. The van der Waals surface area contributed by atoms with Gasteiger partial charge in [-0.1, -0.05) is 5.16 Å². The van der Waals surface area contributed by atoms with E-state index < -0.39 is 17.8 Å². The summed E-state index contributed by atoms with van der Waals surface area (Å²) in [6.07, 6.45) is -3.53. The summed E-state index contributed by atoms with van der Waals surface area (Å²) in [5.41, 5.74) is -0.751. The first kappa shape index (κ1) is 17.3. The van der Waals surface area contributed by atoms with E-state index >= 15 is 0 Å². The zero-order chi connectivity index (χ0) is 17.9. The van der Waals surface area contributed by atoms with Crippen LogP contribution in [0.2, 0.25) is 0 Å². The van der Waals surface area contributed by atoms with E-state index in [0.717, 1.165) is 12.1 Å². The van der Waals surface area contributed by atoms with Crippen molar-refractivity contribution in [2.24, 2.45) is 0 Å². The second-order valence-electron chi connectivity index (χ2n) is 5.46. The fourth-order valence-electron chi connectivity index (χ4n) is 2.43. The van der Waals surface area contributed by atoms with E-state index in [9.17, 15) is 18.0 Å². The number of rotatable bonds is 3. The quantitative estimate of drug-likeness (QED) is 0.846. The van der Waals surface area contributed by atoms with Gasteiger partial charge in [0, 0.05) is 12.6 Å². The van der Waals surface area contributed by atoms with Gasteiger partial charge in [0.2, 0.25) is 5.76 Å². The third-order valence-electron chi connectivity index (χ3n) is 3.65. The van der Waals surface area contributed by atoms with Gasteiger partial charge in [-0.15, -0.1) is 0 Å². The Hall–Kier alpha value is -2.55. The predicted molar refractivity (Wildman–Crippen MR) is 79.1 cm³/mol. The lowest BCUT2D eigenvalue weighted by Gasteiger charge is -2.23. The highest BCUT2D eigenvalue weighted by Crippen LogP contribution is 2.30. The molecule has 0 aliphatic carbocycles. The van der Waals surface area contributed by atoms with Crippen LogP contribution in [0.15, 0.2) is 41.1 Å². The number of aromatic nitrogens is 1. The van der Waals surface area contributed by atoms with Gasteiger partial charge < -0.3 is 18.9 Å². The minimum absolute atomic E-state index is 0.107. The predicted octanol–water partition coefficient (Wildman–Crippen LogP) is 2.61. The van der Waals surface area contributed by atoms with Crippen LogP contribution in [-0.2, 0) is 10.9 Å². The lowest BCUT2D eigenvalue weighted by atomic mass is 10.2. The second-order valence-corrected chi connectivity index (χ2v) is 5.46. The highest BCUT2D eigenvalue weighted by Gasteiger charge is 2.30. The molecule has 3 rings (SSSR count). The van der Waals surface area contributed by atoms with Crippen LogP contribution >= 0.6 is 0 Å². The molecular weight excluding hydrogens is 341 g/mol. The van der Waals surface area contributed by atoms with Gasteiger partial charge in [0.25, 0.3) is 5.91 Å². The van der Waals surface area contributed by atoms with Gasteiger partial charge in [-0.25, -0.2) is 0 Å². The van der Waals surface area contributed by atoms with Gasteiger partial charge in [-0.2, -0.15) is 13.2 Å². The van der Waals surface area contributed by atoms with Crippen molar-refractivity contribution in [1.29, 1.82) is 0 Å². The van der Waals surface area contributed by atoms with Gasteiger partial charge in [-0.05, 0) is 24.3 Å². The number of carbonyl (C=O) groups excluding carboxylic acids is 1. The summed E-state index contributed by atoms with van der Waals surface area (Å²) < 4.78 is 53.7. The molecule has 1 saturated heterocycles. The second kappa shape index (κ2) is 7.14. The maximum absolute atomic E-state index is 12.6. The van der Waals surface area contributed by atoms with Gasteiger partial charge in [0.15, 0.2) is 0 Å². The third kappa shape index (κ3) is 4.30. The Balaban J connectivity index is 1.66. The number of hydrogen-bond donors (Lipinski definition) is 0. The van der Waals surface area contributed by atoms with Crippen LogP contribution in [0.3, 0.4) is 0 Å². The minimum Gasteiger partial charge on any atom is -0.486 e. The molecule has 0 radical (unpaired) electrons. The Kier molecular flexibility index (Phi) is 4.93. The fraction of sp³-hybridized carbons (Fsp3) is 0.375. The Morgan fingerprint density at radius 1 is 1.24 bits per heavy atom. The molecule has 0 saturated carbocycles. The molecule has 6 nitrogen and oxygen atoms in total. The van der Waals surface area contributed by atoms with Gasteiger partial charge in [0.05, 0.1) is 31.5 Å². The van der Waals surface area contributed by atoms with Crippen LogP contribution in [0.1, 0.15) is 16.1 Å². The van der Waals surface area contributed by atoms with Crippen molar-refractivity contribution in [3.05, 3.63) is 47.9 Å². The average molecular weight is 356 g/mol. The zero-order valence-electron chi connectivity index (χ0n) is 13.0. The molecule has 1 aliphatic rings. The van der Waals surface area contributed by atoms with E-state index in [2.05, 4.69) is 5.16 Å². The smallest absolute Gasteiger partial charge is 0.416 e. The molecule has 2 aromatic rings. The maximum Gasteiger partial charge on any atom is 0.416 e. The molecule has 25 heavy (non-hydrogen) atoms. The van der Waals surface area contributed by atoms with Crippen LogP contribution in [0.5, 0.6) is 5.75 Å². The summed E-state index contributed by atoms with van der Waals surface area (Å²) in [5.74, 6) is 0.0368. The lowest BCUT2D eigenvalue weighted by Crippen LogP contribution is -2.39. The van der Waals surface area contributed by atoms with Crippen LogP contribution in [0.4, 0.5) is 13.2 Å². The first-order valence-electron chi connectivity index (χ1n) is 7.55. The Bertz CT molecular complexity index is 701. The summed E-state index contributed by atoms with van der Waals surface area (Å²) in [7, 11) is 0. The standard InChI is InChI=1S/C16H15F3N2O4/c17-16(18,19)11-1-3-12(4-2-11)24-13-9-21(7-8-23-10-13)15(22)14-5-6-20-25-14/h1-6,13H,7-10H2/t13-/m1/s1. The van der Waals surface area contributed by atoms with Crippen molar-refractivity contribution in [1.82, 2.24) is 10.1 Å². The lowest BCUT2D eigenvalue weighted by molar-refractivity contribution is -0.137. The minimum atomic E-state index is -4.40. The molecule has 1 aliphatic heterocycles. The number of halogens is 3. The van der Waals surface area contributed by atoms with E-state index in [1.165, 1.54) is 29.3 Å². The Labute approximate surface area is 141 Å². The number of nitrogens with zero attached hydrogens (tertiary/aromatic N) is 2. The highest BCUT2D eigenvalue weighted by molar-refractivity contribution is 5.91. The van der Waals surface area contributed by atoms with Crippen LogP contribution in [-0.4, -0.2) is 48.4 Å². The van der Waals surface area contributed by atoms with E-state index in [0.29, 0.717) is 13.2 Å². The average Bonchev–Trinajstić information content (AvgIpc) is 3.01. The van der Waals surface area contributed by atoms with Crippen LogP contribution in [0.25, 0.3) is 0 Å². The van der Waals surface area contributed by atoms with Gasteiger partial charge >= 0.3 is 6.18 Å².